The van der Waals surface area contributed by atoms with E-state index >= 15 is 0 Å². The number of hydrogen-bond acceptors (Lipinski definition) is 6. The first kappa shape index (κ1) is 10.8. The second kappa shape index (κ2) is 4.32. The van der Waals surface area contributed by atoms with Crippen LogP contribution in [0.5, 0.6) is 0 Å². The number of β-amino-alcohol motifs (C(OH)–C–C–N with tert-alkyl or cyclic N) is 1. The second-order valence-corrected chi connectivity index (χ2v) is 3.24. The summed E-state index contributed by atoms with van der Waals surface area (Å²) in [5, 5.41) is 48.5. The first-order valence-corrected chi connectivity index (χ1v) is 4.14. The predicted molar refractivity (Wildman–Crippen MR) is 42.9 cm³/mol. The molecule has 6 heteroatoms. The Morgan fingerprint density at radius 2 is 1.62 bits per heavy atom. The molecule has 78 valence electrons. The van der Waals surface area contributed by atoms with E-state index in [9.17, 15) is 20.4 Å². The second-order valence-electron chi connectivity index (χ2n) is 3.24. The molecule has 0 aliphatic carbocycles. The van der Waals surface area contributed by atoms with Gasteiger partial charge in [-0.2, -0.15) is 0 Å². The molecule has 1 aliphatic heterocycles. The summed E-state index contributed by atoms with van der Waals surface area (Å²) in [6.45, 7) is -0.335. The van der Waals surface area contributed by atoms with Crippen molar-refractivity contribution in [3.63, 3.8) is 0 Å². The molecule has 1 fully saturated rings. The van der Waals surface area contributed by atoms with Gasteiger partial charge in [0.25, 0.3) is 0 Å². The Bertz CT molecular complexity index is 165. The molecular formula is C7H15NO5. The Kier molecular flexibility index (Phi) is 3.60. The van der Waals surface area contributed by atoms with Crippen LogP contribution in [0.25, 0.3) is 0 Å². The van der Waals surface area contributed by atoms with E-state index < -0.39 is 30.5 Å². The highest BCUT2D eigenvalue weighted by atomic mass is 16.4. The van der Waals surface area contributed by atoms with Gasteiger partial charge in [0.1, 0.15) is 18.3 Å². The van der Waals surface area contributed by atoms with Crippen molar-refractivity contribution in [2.24, 2.45) is 0 Å². The van der Waals surface area contributed by atoms with Crippen molar-refractivity contribution in [2.45, 2.75) is 30.5 Å². The summed E-state index contributed by atoms with van der Waals surface area (Å²) < 4.78 is 0. The number of rotatable bonds is 1. The molecule has 1 saturated heterocycles. The minimum atomic E-state index is -1.44. The summed E-state index contributed by atoms with van der Waals surface area (Å²) in [6.07, 6.45) is -5.25. The van der Waals surface area contributed by atoms with Crippen molar-refractivity contribution in [1.82, 2.24) is 5.32 Å². The maximum absolute atomic E-state index is 9.36. The van der Waals surface area contributed by atoms with Gasteiger partial charge >= 0.3 is 0 Å². The molecule has 0 spiro atoms. The molecular weight excluding hydrogens is 178 g/mol. The molecule has 0 radical (unpaired) electrons. The maximum Gasteiger partial charge on any atom is 0.110 e. The summed E-state index contributed by atoms with van der Waals surface area (Å²) in [6, 6.07) is -0.721. The average Bonchev–Trinajstić information content (AvgIpc) is 2.22. The van der Waals surface area contributed by atoms with Gasteiger partial charge in [0.2, 0.25) is 0 Å². The third-order valence-electron chi connectivity index (χ3n) is 2.29. The van der Waals surface area contributed by atoms with Gasteiger partial charge in [-0.25, -0.2) is 0 Å². The van der Waals surface area contributed by atoms with E-state index in [0.717, 1.165) is 0 Å². The van der Waals surface area contributed by atoms with E-state index in [-0.39, 0.29) is 13.2 Å². The zero-order chi connectivity index (χ0) is 10.0. The molecule has 0 bridgehead atoms. The van der Waals surface area contributed by atoms with Gasteiger partial charge in [-0.3, -0.25) is 0 Å². The predicted octanol–water partition coefficient (Wildman–Crippen LogP) is -3.61. The van der Waals surface area contributed by atoms with Crippen molar-refractivity contribution >= 4 is 0 Å². The van der Waals surface area contributed by atoms with E-state index in [2.05, 4.69) is 5.32 Å². The van der Waals surface area contributed by atoms with Gasteiger partial charge in [-0.05, 0) is 0 Å². The quantitative estimate of drug-likeness (QED) is 0.256. The highest BCUT2D eigenvalue weighted by Gasteiger charge is 2.37. The van der Waals surface area contributed by atoms with Crippen LogP contribution in [0.1, 0.15) is 0 Å². The van der Waals surface area contributed by atoms with Crippen molar-refractivity contribution in [3.05, 3.63) is 0 Å². The number of aliphatic hydroxyl groups excluding tert-OH is 5. The van der Waals surface area contributed by atoms with Gasteiger partial charge in [0, 0.05) is 6.54 Å². The van der Waals surface area contributed by atoms with E-state index in [1.165, 1.54) is 0 Å². The minimum absolute atomic E-state index is 0.0283. The first-order valence-electron chi connectivity index (χ1n) is 4.14. The molecule has 1 rings (SSSR count). The van der Waals surface area contributed by atoms with Crippen LogP contribution in [0.4, 0.5) is 0 Å². The van der Waals surface area contributed by atoms with E-state index in [0.29, 0.717) is 0 Å². The number of nitrogens with one attached hydrogen (secondary N) is 1. The van der Waals surface area contributed by atoms with Crippen LogP contribution in [0.15, 0.2) is 0 Å². The van der Waals surface area contributed by atoms with Gasteiger partial charge in [0.05, 0.1) is 18.8 Å². The Hall–Kier alpha value is -0.240. The lowest BCUT2D eigenvalue weighted by molar-refractivity contribution is -0.0980. The third-order valence-corrected chi connectivity index (χ3v) is 2.29. The Morgan fingerprint density at radius 1 is 1.00 bits per heavy atom. The molecule has 1 heterocycles. The number of aliphatic hydroxyl groups is 5. The summed E-state index contributed by atoms with van der Waals surface area (Å²) in [4.78, 5) is 0. The summed E-state index contributed by atoms with van der Waals surface area (Å²) in [5.41, 5.74) is 0. The van der Waals surface area contributed by atoms with Crippen LogP contribution in [-0.4, -0.2) is 69.1 Å². The van der Waals surface area contributed by atoms with Crippen LogP contribution in [-0.2, 0) is 0 Å². The molecule has 0 aromatic rings. The standard InChI is InChI=1S/C7H15NO5/c9-2-3-5(11)7(13)6(12)4(10)1-8-3/h3-13H,1-2H2/t3-,4-,5-,6-,7-/m0/s1. The van der Waals surface area contributed by atoms with Crippen molar-refractivity contribution in [3.8, 4) is 0 Å². The van der Waals surface area contributed by atoms with Crippen molar-refractivity contribution in [1.29, 1.82) is 0 Å². The summed E-state index contributed by atoms with van der Waals surface area (Å²) in [5.74, 6) is 0. The molecule has 5 atom stereocenters. The van der Waals surface area contributed by atoms with Gasteiger partial charge in [-0.15, -0.1) is 0 Å². The van der Waals surface area contributed by atoms with Gasteiger partial charge < -0.3 is 30.8 Å². The van der Waals surface area contributed by atoms with Crippen molar-refractivity contribution < 1.29 is 25.5 Å². The van der Waals surface area contributed by atoms with E-state index in [1.807, 2.05) is 0 Å². The minimum Gasteiger partial charge on any atom is -0.395 e. The van der Waals surface area contributed by atoms with E-state index in [4.69, 9.17) is 5.11 Å². The highest BCUT2D eigenvalue weighted by Crippen LogP contribution is 2.11. The Labute approximate surface area is 75.4 Å². The maximum atomic E-state index is 9.36. The smallest absolute Gasteiger partial charge is 0.110 e. The Morgan fingerprint density at radius 3 is 2.15 bits per heavy atom. The average molecular weight is 193 g/mol. The molecule has 0 aromatic heterocycles. The van der Waals surface area contributed by atoms with Gasteiger partial charge in [-0.1, -0.05) is 0 Å². The molecule has 6 nitrogen and oxygen atoms in total. The lowest BCUT2D eigenvalue weighted by Gasteiger charge is -2.24. The summed E-state index contributed by atoms with van der Waals surface area (Å²) in [7, 11) is 0. The molecule has 0 saturated carbocycles. The number of hydrogen-bond donors (Lipinski definition) is 6. The third kappa shape index (κ3) is 2.16. The van der Waals surface area contributed by atoms with Crippen molar-refractivity contribution in [2.75, 3.05) is 13.2 Å². The fourth-order valence-electron chi connectivity index (χ4n) is 1.35. The van der Waals surface area contributed by atoms with Gasteiger partial charge in [0.15, 0.2) is 0 Å². The fraction of sp³-hybridized carbons (Fsp3) is 1.00. The summed E-state index contributed by atoms with van der Waals surface area (Å²) >= 11 is 0. The lowest BCUT2D eigenvalue weighted by atomic mass is 10.0. The zero-order valence-electron chi connectivity index (χ0n) is 7.04. The normalized spacial score (nSPS) is 47.3. The highest BCUT2D eigenvalue weighted by molar-refractivity contribution is 4.92. The first-order chi connectivity index (χ1) is 6.07. The van der Waals surface area contributed by atoms with Crippen LogP contribution in [0, 0.1) is 0 Å². The lowest BCUT2D eigenvalue weighted by Crippen LogP contribution is -2.48. The van der Waals surface area contributed by atoms with Crippen LogP contribution in [0.3, 0.4) is 0 Å². The van der Waals surface area contributed by atoms with Crippen LogP contribution in [0.2, 0.25) is 0 Å². The SMILES string of the molecule is OC[C@@H]1NC[C@H](O)[C@H](O)[C@@H](O)[C@H]1O. The van der Waals surface area contributed by atoms with E-state index in [1.54, 1.807) is 0 Å². The van der Waals surface area contributed by atoms with Crippen LogP contribution < -0.4 is 5.32 Å². The van der Waals surface area contributed by atoms with Crippen LogP contribution >= 0.6 is 0 Å². The molecule has 0 amide bonds. The molecule has 13 heavy (non-hydrogen) atoms. The fourth-order valence-corrected chi connectivity index (χ4v) is 1.35. The largest absolute Gasteiger partial charge is 0.395 e. The topological polar surface area (TPSA) is 113 Å². The monoisotopic (exact) mass is 193 g/mol. The molecule has 0 unspecified atom stereocenters. The zero-order valence-corrected chi connectivity index (χ0v) is 7.04. The molecule has 1 aliphatic rings. The Balaban J connectivity index is 2.69. The molecule has 6 N–H and O–H groups in total. The molecule has 0 aromatic carbocycles.